The van der Waals surface area contributed by atoms with E-state index in [4.69, 9.17) is 9.47 Å². The van der Waals surface area contributed by atoms with Crippen LogP contribution in [0.4, 0.5) is 0 Å². The molecule has 0 aliphatic rings. The Morgan fingerprint density at radius 2 is 1.50 bits per heavy atom. The summed E-state index contributed by atoms with van der Waals surface area (Å²) in [7, 11) is -2.66. The first-order valence-corrected chi connectivity index (χ1v) is 13.4. The van der Waals surface area contributed by atoms with E-state index in [1.54, 1.807) is 32.2 Å². The Morgan fingerprint density at radius 1 is 0.816 bits per heavy atom. The third-order valence-corrected chi connectivity index (χ3v) is 7.20. The average molecular weight is 532 g/mol. The van der Waals surface area contributed by atoms with Gasteiger partial charge in [0.1, 0.15) is 17.1 Å². The van der Waals surface area contributed by atoms with E-state index in [-0.39, 0.29) is 16.5 Å². The number of ether oxygens (including phenoxy) is 2. The first kappa shape index (κ1) is 26.8. The lowest BCUT2D eigenvalue weighted by molar-refractivity contribution is 0.0978. The normalized spacial score (nSPS) is 11.2. The number of benzene rings is 2. The largest absolute Gasteiger partial charge is 0.496 e. The van der Waals surface area contributed by atoms with E-state index < -0.39 is 15.9 Å². The molecule has 2 heterocycles. The minimum absolute atomic E-state index is 0.0361. The molecule has 1 amide bonds. The van der Waals surface area contributed by atoms with Gasteiger partial charge in [-0.25, -0.2) is 14.7 Å². The van der Waals surface area contributed by atoms with Gasteiger partial charge in [0.15, 0.2) is 5.03 Å². The van der Waals surface area contributed by atoms with Gasteiger partial charge in [0, 0.05) is 11.3 Å². The van der Waals surface area contributed by atoms with Gasteiger partial charge in [-0.2, -0.15) is 8.42 Å². The van der Waals surface area contributed by atoms with Crippen molar-refractivity contribution in [1.82, 2.24) is 14.7 Å². The molecule has 4 rings (SSSR count). The van der Waals surface area contributed by atoms with Crippen LogP contribution in [0.15, 0.2) is 65.7 Å². The number of aryl methyl sites for hydroxylation is 5. The van der Waals surface area contributed by atoms with E-state index in [0.717, 1.165) is 22.3 Å². The quantitative estimate of drug-likeness (QED) is 0.330. The van der Waals surface area contributed by atoms with Crippen LogP contribution in [0.25, 0.3) is 11.3 Å². The molecule has 0 aliphatic carbocycles. The molecule has 196 valence electrons. The minimum Gasteiger partial charge on any atom is -0.496 e. The zero-order valence-corrected chi connectivity index (χ0v) is 22.9. The first-order valence-electron chi connectivity index (χ1n) is 11.9. The number of carbonyl (C=O) groups excluding carboxylic acids is 1. The first-order chi connectivity index (χ1) is 18.0. The maximum atomic E-state index is 13.3. The Bertz CT molecular complexity index is 1630. The Hall–Kier alpha value is -4.24. The van der Waals surface area contributed by atoms with Gasteiger partial charge in [0.05, 0.1) is 12.8 Å². The summed E-state index contributed by atoms with van der Waals surface area (Å²) in [4.78, 5) is 22.0. The molecule has 9 heteroatoms. The molecule has 0 aliphatic heterocycles. The Labute approximate surface area is 222 Å². The van der Waals surface area contributed by atoms with Crippen molar-refractivity contribution in [2.45, 2.75) is 39.6 Å². The number of amides is 1. The SMILES string of the molecule is COc1c(C)cccc1-c1ccc(C(=O)NS(=O)(=O)c2cccc(C)n2)c(Oc2c(C)cc(C)cc2C)n1. The molecule has 0 saturated heterocycles. The summed E-state index contributed by atoms with van der Waals surface area (Å²) in [6, 6.07) is 17.3. The van der Waals surface area contributed by atoms with Gasteiger partial charge in [-0.3, -0.25) is 4.79 Å². The molecule has 0 saturated carbocycles. The van der Waals surface area contributed by atoms with Crippen LogP contribution in [-0.2, 0) is 10.0 Å². The zero-order valence-electron chi connectivity index (χ0n) is 22.1. The molecule has 0 radical (unpaired) electrons. The lowest BCUT2D eigenvalue weighted by Gasteiger charge is -2.17. The van der Waals surface area contributed by atoms with Gasteiger partial charge < -0.3 is 9.47 Å². The molecule has 2 aromatic carbocycles. The summed E-state index contributed by atoms with van der Waals surface area (Å²) in [5.41, 5.74) is 5.35. The minimum atomic E-state index is -4.23. The number of pyridine rings is 2. The second-order valence-corrected chi connectivity index (χ2v) is 10.7. The van der Waals surface area contributed by atoms with Crippen LogP contribution < -0.4 is 14.2 Å². The van der Waals surface area contributed by atoms with Gasteiger partial charge in [0.2, 0.25) is 5.88 Å². The number of sulfonamides is 1. The van der Waals surface area contributed by atoms with Crippen molar-refractivity contribution in [2.24, 2.45) is 0 Å². The number of nitrogens with one attached hydrogen (secondary N) is 1. The molecule has 38 heavy (non-hydrogen) atoms. The third-order valence-electron chi connectivity index (χ3n) is 5.97. The van der Waals surface area contributed by atoms with Crippen molar-refractivity contribution in [3.8, 4) is 28.6 Å². The fraction of sp³-hybridized carbons (Fsp3) is 0.207. The second kappa shape index (κ2) is 10.6. The van der Waals surface area contributed by atoms with E-state index >= 15 is 0 Å². The number of nitrogens with zero attached hydrogens (tertiary/aromatic N) is 2. The second-order valence-electron chi connectivity index (χ2n) is 9.09. The van der Waals surface area contributed by atoms with E-state index in [2.05, 4.69) is 14.7 Å². The highest BCUT2D eigenvalue weighted by atomic mass is 32.2. The number of rotatable bonds is 7. The fourth-order valence-electron chi connectivity index (χ4n) is 4.29. The molecule has 4 aromatic rings. The standard InChI is InChI=1S/C29H29N3O5S/c1-17-15-19(3)26(20(4)16-17)37-29-23(28(33)32-38(34,35)25-12-8-10-21(5)30-25)13-14-24(31-29)22-11-7-9-18(2)27(22)36-6/h7-16H,1-6H3,(H,32,33). The molecule has 0 unspecified atom stereocenters. The van der Waals surface area contributed by atoms with Crippen LogP contribution in [0.2, 0.25) is 0 Å². The van der Waals surface area contributed by atoms with Crippen LogP contribution in [0.1, 0.15) is 38.3 Å². The summed E-state index contributed by atoms with van der Waals surface area (Å²) in [6.45, 7) is 9.37. The molecule has 8 nitrogen and oxygen atoms in total. The number of methoxy groups -OCH3 is 1. The van der Waals surface area contributed by atoms with Gasteiger partial charge >= 0.3 is 0 Å². The molecule has 0 bridgehead atoms. The van der Waals surface area contributed by atoms with Crippen LogP contribution in [0.3, 0.4) is 0 Å². The summed E-state index contributed by atoms with van der Waals surface area (Å²) in [6.07, 6.45) is 0. The van der Waals surface area contributed by atoms with Crippen LogP contribution in [0.5, 0.6) is 17.4 Å². The number of carbonyl (C=O) groups is 1. The van der Waals surface area contributed by atoms with E-state index in [1.165, 1.54) is 12.1 Å². The van der Waals surface area contributed by atoms with E-state index in [9.17, 15) is 13.2 Å². The van der Waals surface area contributed by atoms with Gasteiger partial charge in [0.25, 0.3) is 15.9 Å². The highest BCUT2D eigenvalue weighted by Crippen LogP contribution is 2.36. The topological polar surface area (TPSA) is 107 Å². The highest BCUT2D eigenvalue weighted by molar-refractivity contribution is 7.90. The summed E-state index contributed by atoms with van der Waals surface area (Å²) < 4.78 is 39.8. The summed E-state index contributed by atoms with van der Waals surface area (Å²) in [5, 5.41) is -0.257. The van der Waals surface area contributed by atoms with Crippen LogP contribution >= 0.6 is 0 Å². The molecule has 2 aromatic heterocycles. The molecule has 0 atom stereocenters. The Morgan fingerprint density at radius 3 is 2.16 bits per heavy atom. The van der Waals surface area contributed by atoms with Crippen molar-refractivity contribution in [3.63, 3.8) is 0 Å². The van der Waals surface area contributed by atoms with E-state index in [1.807, 2.05) is 58.0 Å². The third kappa shape index (κ3) is 5.52. The zero-order chi connectivity index (χ0) is 27.6. The maximum Gasteiger partial charge on any atom is 0.281 e. The number of aromatic nitrogens is 2. The van der Waals surface area contributed by atoms with Crippen LogP contribution in [-0.4, -0.2) is 31.4 Å². The van der Waals surface area contributed by atoms with Crippen molar-refractivity contribution in [1.29, 1.82) is 0 Å². The molecular weight excluding hydrogens is 502 g/mol. The monoisotopic (exact) mass is 531 g/mol. The average Bonchev–Trinajstić information content (AvgIpc) is 2.85. The predicted octanol–water partition coefficient (Wildman–Crippen LogP) is 5.61. The Balaban J connectivity index is 1.82. The number of para-hydroxylation sites is 1. The van der Waals surface area contributed by atoms with Crippen molar-refractivity contribution >= 4 is 15.9 Å². The molecule has 0 fully saturated rings. The van der Waals surface area contributed by atoms with Gasteiger partial charge in [-0.1, -0.05) is 35.9 Å². The smallest absolute Gasteiger partial charge is 0.281 e. The summed E-state index contributed by atoms with van der Waals surface area (Å²) in [5.74, 6) is 0.250. The molecule has 0 spiro atoms. The maximum absolute atomic E-state index is 13.3. The van der Waals surface area contributed by atoms with E-state index in [0.29, 0.717) is 28.5 Å². The summed E-state index contributed by atoms with van der Waals surface area (Å²) >= 11 is 0. The Kier molecular flexibility index (Phi) is 7.50. The number of hydrogen-bond acceptors (Lipinski definition) is 7. The van der Waals surface area contributed by atoms with Gasteiger partial charge in [-0.15, -0.1) is 0 Å². The highest BCUT2D eigenvalue weighted by Gasteiger charge is 2.25. The van der Waals surface area contributed by atoms with Crippen molar-refractivity contribution in [2.75, 3.05) is 7.11 Å². The van der Waals surface area contributed by atoms with Crippen molar-refractivity contribution < 1.29 is 22.7 Å². The lowest BCUT2D eigenvalue weighted by Crippen LogP contribution is -2.31. The molecule has 1 N–H and O–H groups in total. The fourth-order valence-corrected chi connectivity index (χ4v) is 5.27. The van der Waals surface area contributed by atoms with Crippen LogP contribution in [0, 0.1) is 34.6 Å². The molecular formula is C29H29N3O5S. The number of hydrogen-bond donors (Lipinski definition) is 1. The lowest BCUT2D eigenvalue weighted by atomic mass is 10.1. The van der Waals surface area contributed by atoms with Crippen molar-refractivity contribution in [3.05, 3.63) is 94.2 Å². The van der Waals surface area contributed by atoms with Gasteiger partial charge in [-0.05, 0) is 81.6 Å². The predicted molar refractivity (Wildman–Crippen MR) is 145 cm³/mol.